The zero-order valence-electron chi connectivity index (χ0n) is 17.6. The van der Waals surface area contributed by atoms with E-state index in [-0.39, 0.29) is 6.03 Å². The predicted octanol–water partition coefficient (Wildman–Crippen LogP) is 3.08. The highest BCUT2D eigenvalue weighted by atomic mass is 16.5. The molecule has 2 amide bonds. The summed E-state index contributed by atoms with van der Waals surface area (Å²) in [6.45, 7) is 6.90. The van der Waals surface area contributed by atoms with Gasteiger partial charge in [-0.05, 0) is 42.7 Å². The van der Waals surface area contributed by atoms with Crippen molar-refractivity contribution in [2.75, 3.05) is 46.9 Å². The van der Waals surface area contributed by atoms with E-state index in [0.717, 1.165) is 49.8 Å². The number of aryl methyl sites for hydroxylation is 1. The number of urea groups is 1. The molecule has 0 saturated carbocycles. The molecule has 6 heteroatoms. The smallest absolute Gasteiger partial charge is 0.317 e. The lowest BCUT2D eigenvalue weighted by molar-refractivity contribution is 0.135. The molecule has 1 N–H and O–H groups in total. The quantitative estimate of drug-likeness (QED) is 0.780. The van der Waals surface area contributed by atoms with Crippen LogP contribution < -0.4 is 14.8 Å². The molecule has 1 aliphatic heterocycles. The SMILES string of the molecule is COc1ccc(OC)c(CCNC(=O)N2CCN(Cc3cccc(C)c3)CC2)c1. The van der Waals surface area contributed by atoms with Gasteiger partial charge in [-0.2, -0.15) is 0 Å². The summed E-state index contributed by atoms with van der Waals surface area (Å²) in [5.41, 5.74) is 3.64. The van der Waals surface area contributed by atoms with Gasteiger partial charge in [0.05, 0.1) is 14.2 Å². The summed E-state index contributed by atoms with van der Waals surface area (Å²) >= 11 is 0. The Hall–Kier alpha value is -2.73. The van der Waals surface area contributed by atoms with Crippen LogP contribution in [0.5, 0.6) is 11.5 Å². The largest absolute Gasteiger partial charge is 0.497 e. The van der Waals surface area contributed by atoms with E-state index in [4.69, 9.17) is 9.47 Å². The second kappa shape index (κ2) is 10.2. The molecule has 2 aromatic carbocycles. The van der Waals surface area contributed by atoms with Gasteiger partial charge in [-0.15, -0.1) is 0 Å². The standard InChI is InChI=1S/C23H31N3O3/c1-18-5-4-6-19(15-18)17-25-11-13-26(14-12-25)23(27)24-10-9-20-16-21(28-2)7-8-22(20)29-3/h4-8,15-16H,9-14,17H2,1-3H3,(H,24,27). The molecular weight excluding hydrogens is 366 g/mol. The molecule has 1 fully saturated rings. The maximum absolute atomic E-state index is 12.5. The summed E-state index contributed by atoms with van der Waals surface area (Å²) in [7, 11) is 3.30. The molecule has 0 aromatic heterocycles. The van der Waals surface area contributed by atoms with Crippen LogP contribution in [0.2, 0.25) is 0 Å². The van der Waals surface area contributed by atoms with Crippen molar-refractivity contribution < 1.29 is 14.3 Å². The van der Waals surface area contributed by atoms with Crippen LogP contribution in [0.3, 0.4) is 0 Å². The Morgan fingerprint density at radius 2 is 1.83 bits per heavy atom. The minimum absolute atomic E-state index is 0.00192. The molecule has 3 rings (SSSR count). The number of benzene rings is 2. The molecule has 0 unspecified atom stereocenters. The summed E-state index contributed by atoms with van der Waals surface area (Å²) in [5, 5.41) is 3.03. The summed E-state index contributed by atoms with van der Waals surface area (Å²) in [6.07, 6.45) is 0.694. The predicted molar refractivity (Wildman–Crippen MR) is 115 cm³/mol. The third-order valence-electron chi connectivity index (χ3n) is 5.31. The Labute approximate surface area is 173 Å². The van der Waals surface area contributed by atoms with Gasteiger partial charge in [-0.25, -0.2) is 4.79 Å². The maximum atomic E-state index is 12.5. The second-order valence-corrected chi connectivity index (χ2v) is 7.41. The van der Waals surface area contributed by atoms with Crippen LogP contribution in [-0.2, 0) is 13.0 Å². The number of nitrogens with zero attached hydrogens (tertiary/aromatic N) is 2. The fourth-order valence-corrected chi connectivity index (χ4v) is 3.67. The van der Waals surface area contributed by atoms with Crippen LogP contribution in [0, 0.1) is 6.92 Å². The molecular formula is C23H31N3O3. The zero-order chi connectivity index (χ0) is 20.6. The molecule has 6 nitrogen and oxygen atoms in total. The van der Waals surface area contributed by atoms with Crippen molar-refractivity contribution in [2.45, 2.75) is 19.9 Å². The average molecular weight is 398 g/mol. The molecule has 0 radical (unpaired) electrons. The number of ether oxygens (including phenoxy) is 2. The van der Waals surface area contributed by atoms with Gasteiger partial charge in [-0.1, -0.05) is 29.8 Å². The van der Waals surface area contributed by atoms with Crippen molar-refractivity contribution in [3.63, 3.8) is 0 Å². The normalized spacial score (nSPS) is 14.5. The van der Waals surface area contributed by atoms with Crippen molar-refractivity contribution in [3.05, 3.63) is 59.2 Å². The molecule has 29 heavy (non-hydrogen) atoms. The number of piperazine rings is 1. The third kappa shape index (κ3) is 5.87. The van der Waals surface area contributed by atoms with Crippen LogP contribution in [0.1, 0.15) is 16.7 Å². The van der Waals surface area contributed by atoms with Gasteiger partial charge in [0.1, 0.15) is 11.5 Å². The molecule has 0 aliphatic carbocycles. The molecule has 1 saturated heterocycles. The number of nitrogens with one attached hydrogen (secondary N) is 1. The van der Waals surface area contributed by atoms with Gasteiger partial charge in [0, 0.05) is 39.3 Å². The number of amides is 2. The van der Waals surface area contributed by atoms with Crippen molar-refractivity contribution >= 4 is 6.03 Å². The summed E-state index contributed by atoms with van der Waals surface area (Å²) in [6, 6.07) is 14.3. The van der Waals surface area contributed by atoms with Gasteiger partial charge in [0.2, 0.25) is 0 Å². The Bertz CT molecular complexity index is 817. The maximum Gasteiger partial charge on any atom is 0.317 e. The van der Waals surface area contributed by atoms with Crippen molar-refractivity contribution in [1.29, 1.82) is 0 Å². The number of carbonyl (C=O) groups excluding carboxylic acids is 1. The first-order valence-corrected chi connectivity index (χ1v) is 10.1. The fourth-order valence-electron chi connectivity index (χ4n) is 3.67. The molecule has 1 aliphatic rings. The van der Waals surface area contributed by atoms with Gasteiger partial charge in [-0.3, -0.25) is 4.90 Å². The van der Waals surface area contributed by atoms with E-state index in [9.17, 15) is 4.79 Å². The Kier molecular flexibility index (Phi) is 7.36. The van der Waals surface area contributed by atoms with E-state index in [1.54, 1.807) is 14.2 Å². The molecule has 156 valence electrons. The van der Waals surface area contributed by atoms with E-state index < -0.39 is 0 Å². The summed E-state index contributed by atoms with van der Waals surface area (Å²) < 4.78 is 10.7. The zero-order valence-corrected chi connectivity index (χ0v) is 17.6. The van der Waals surface area contributed by atoms with E-state index in [2.05, 4.69) is 41.4 Å². The van der Waals surface area contributed by atoms with Gasteiger partial charge in [0.25, 0.3) is 0 Å². The van der Waals surface area contributed by atoms with E-state index in [1.165, 1.54) is 11.1 Å². The molecule has 1 heterocycles. The summed E-state index contributed by atoms with van der Waals surface area (Å²) in [5.74, 6) is 1.60. The number of methoxy groups -OCH3 is 2. The first kappa shape index (κ1) is 21.0. The van der Waals surface area contributed by atoms with E-state index in [1.807, 2.05) is 23.1 Å². The molecule has 0 spiro atoms. The minimum Gasteiger partial charge on any atom is -0.497 e. The number of rotatable bonds is 7. The van der Waals surface area contributed by atoms with Crippen molar-refractivity contribution in [2.24, 2.45) is 0 Å². The Morgan fingerprint density at radius 3 is 2.52 bits per heavy atom. The molecule has 0 atom stereocenters. The third-order valence-corrected chi connectivity index (χ3v) is 5.31. The second-order valence-electron chi connectivity index (χ2n) is 7.41. The number of carbonyl (C=O) groups is 1. The lowest BCUT2D eigenvalue weighted by atomic mass is 10.1. The van der Waals surface area contributed by atoms with Crippen molar-refractivity contribution in [1.82, 2.24) is 15.1 Å². The fraction of sp³-hybridized carbons (Fsp3) is 0.435. The highest BCUT2D eigenvalue weighted by Gasteiger charge is 2.21. The van der Waals surface area contributed by atoms with E-state index >= 15 is 0 Å². The Morgan fingerprint density at radius 1 is 1.03 bits per heavy atom. The van der Waals surface area contributed by atoms with Gasteiger partial charge >= 0.3 is 6.03 Å². The first-order valence-electron chi connectivity index (χ1n) is 10.1. The Balaban J connectivity index is 1.43. The number of hydrogen-bond donors (Lipinski definition) is 1. The van der Waals surface area contributed by atoms with Crippen LogP contribution >= 0.6 is 0 Å². The lowest BCUT2D eigenvalue weighted by Gasteiger charge is -2.34. The van der Waals surface area contributed by atoms with E-state index in [0.29, 0.717) is 13.0 Å². The number of hydrogen-bond acceptors (Lipinski definition) is 4. The van der Waals surface area contributed by atoms with Gasteiger partial charge in [0.15, 0.2) is 0 Å². The lowest BCUT2D eigenvalue weighted by Crippen LogP contribution is -2.51. The molecule has 2 aromatic rings. The van der Waals surface area contributed by atoms with Gasteiger partial charge < -0.3 is 19.7 Å². The monoisotopic (exact) mass is 397 g/mol. The van der Waals surface area contributed by atoms with Crippen LogP contribution in [0.15, 0.2) is 42.5 Å². The topological polar surface area (TPSA) is 54.0 Å². The van der Waals surface area contributed by atoms with Crippen molar-refractivity contribution in [3.8, 4) is 11.5 Å². The van der Waals surface area contributed by atoms with Crippen LogP contribution in [-0.4, -0.2) is 62.8 Å². The highest BCUT2D eigenvalue weighted by molar-refractivity contribution is 5.74. The first-order chi connectivity index (χ1) is 14.1. The van der Waals surface area contributed by atoms with Crippen LogP contribution in [0.25, 0.3) is 0 Å². The highest BCUT2D eigenvalue weighted by Crippen LogP contribution is 2.24. The average Bonchev–Trinajstić information content (AvgIpc) is 2.74. The molecule has 0 bridgehead atoms. The minimum atomic E-state index is 0.00192. The van der Waals surface area contributed by atoms with Crippen LogP contribution in [0.4, 0.5) is 4.79 Å². The summed E-state index contributed by atoms with van der Waals surface area (Å²) in [4.78, 5) is 16.8.